The number of morpholine rings is 1. The lowest BCUT2D eigenvalue weighted by Gasteiger charge is -2.41. The van der Waals surface area contributed by atoms with E-state index in [1.807, 2.05) is 55.1 Å². The number of nitrogens with one attached hydrogen (secondary N) is 4. The van der Waals surface area contributed by atoms with Crippen LogP contribution in [0.4, 0.5) is 8.78 Å². The molecule has 4 amide bonds. The number of halogens is 2. The Balaban J connectivity index is 1.38. The highest BCUT2D eigenvalue weighted by Crippen LogP contribution is 2.39. The maximum Gasteiger partial charge on any atom is 0.248 e. The fraction of sp³-hybridized carbons (Fsp3) is 0.585. The molecule has 2 saturated heterocycles. The number of hydrogen-bond acceptors (Lipinski definition) is 8. The molecule has 0 bridgehead atoms. The normalized spacial score (nSPS) is 22.1. The van der Waals surface area contributed by atoms with Crippen molar-refractivity contribution in [3.05, 3.63) is 71.8 Å². The number of benzene rings is 2. The van der Waals surface area contributed by atoms with Crippen molar-refractivity contribution in [3.8, 4) is 0 Å². The molecule has 0 radical (unpaired) electrons. The average molecular weight is 768 g/mol. The van der Waals surface area contributed by atoms with E-state index in [1.54, 1.807) is 31.2 Å². The van der Waals surface area contributed by atoms with Crippen LogP contribution in [0.15, 0.2) is 60.7 Å². The number of amides is 4. The van der Waals surface area contributed by atoms with Gasteiger partial charge < -0.3 is 30.7 Å². The van der Waals surface area contributed by atoms with Gasteiger partial charge in [-0.25, -0.2) is 8.78 Å². The summed E-state index contributed by atoms with van der Waals surface area (Å²) in [5.74, 6) is -5.77. The largest absolute Gasteiger partial charge is 0.379 e. The fourth-order valence-electron chi connectivity index (χ4n) is 7.15. The zero-order valence-corrected chi connectivity index (χ0v) is 32.0. The maximum atomic E-state index is 14.7. The van der Waals surface area contributed by atoms with E-state index in [9.17, 15) is 32.8 Å². The Kier molecular flexibility index (Phi) is 14.1. The van der Waals surface area contributed by atoms with E-state index in [-0.39, 0.29) is 43.6 Å². The Hall–Kier alpha value is -4.27. The molecule has 5 rings (SSSR count). The first kappa shape index (κ1) is 41.9. The van der Waals surface area contributed by atoms with E-state index in [2.05, 4.69) is 21.3 Å². The summed E-state index contributed by atoms with van der Waals surface area (Å²) in [6.45, 7) is 7.89. The number of Topliss-reactive ketones (excluding diaryl/α,β-unsaturated/α-hetero) is 1. The molecule has 12 nitrogen and oxygen atoms in total. The van der Waals surface area contributed by atoms with Gasteiger partial charge in [-0.1, -0.05) is 74.5 Å². The summed E-state index contributed by atoms with van der Waals surface area (Å²) in [4.78, 5) is 71.3. The van der Waals surface area contributed by atoms with Crippen molar-refractivity contribution in [2.75, 3.05) is 39.5 Å². The van der Waals surface area contributed by atoms with Crippen molar-refractivity contribution in [1.29, 1.82) is 0 Å². The lowest BCUT2D eigenvalue weighted by Crippen LogP contribution is -2.66. The van der Waals surface area contributed by atoms with E-state index in [0.29, 0.717) is 44.7 Å². The quantitative estimate of drug-likeness (QED) is 0.169. The average Bonchev–Trinajstić information content (AvgIpc) is 3.92. The van der Waals surface area contributed by atoms with Crippen molar-refractivity contribution < 1.29 is 42.2 Å². The number of alkyl halides is 2. The van der Waals surface area contributed by atoms with Gasteiger partial charge in [0.2, 0.25) is 29.6 Å². The Labute approximate surface area is 321 Å². The number of carbonyl (C=O) groups is 5. The Bertz CT molecular complexity index is 1620. The monoisotopic (exact) mass is 767 g/mol. The van der Waals surface area contributed by atoms with Gasteiger partial charge in [-0.3, -0.25) is 28.9 Å². The predicted molar refractivity (Wildman–Crippen MR) is 201 cm³/mol. The summed E-state index contributed by atoms with van der Waals surface area (Å²) in [6, 6.07) is 15.2. The van der Waals surface area contributed by atoms with Crippen molar-refractivity contribution in [2.45, 2.75) is 107 Å². The summed E-state index contributed by atoms with van der Waals surface area (Å²) in [7, 11) is 0. The second-order valence-electron chi connectivity index (χ2n) is 15.8. The number of hydrogen-bond donors (Lipinski definition) is 4. The highest BCUT2D eigenvalue weighted by molar-refractivity contribution is 5.99. The molecule has 1 saturated carbocycles. The molecule has 4 atom stereocenters. The first-order valence-corrected chi connectivity index (χ1v) is 19.3. The summed E-state index contributed by atoms with van der Waals surface area (Å²) >= 11 is 0. The van der Waals surface area contributed by atoms with E-state index >= 15 is 0 Å². The SMILES string of the molecule is CC(C)C[C@H](NC(=O)[C@H](Cc1ccccc1)NC(=O)C1(NC(=O)[C@H](CCc2ccccc2)NC(=O)CN2CCOCC2)CCC(F)(F)CC1)C(=O)[C@@]1(C)CO1. The number of ketones is 1. The van der Waals surface area contributed by atoms with Crippen LogP contribution in [0.25, 0.3) is 0 Å². The van der Waals surface area contributed by atoms with Crippen LogP contribution in [0.1, 0.15) is 70.4 Å². The van der Waals surface area contributed by atoms with Crippen LogP contribution in [0.3, 0.4) is 0 Å². The number of carbonyl (C=O) groups excluding carboxylic acids is 5. The molecular weight excluding hydrogens is 712 g/mol. The number of rotatable bonds is 18. The molecule has 0 unspecified atom stereocenters. The summed E-state index contributed by atoms with van der Waals surface area (Å²) in [5.41, 5.74) is -1.17. The van der Waals surface area contributed by atoms with E-state index in [1.165, 1.54) is 0 Å². The van der Waals surface area contributed by atoms with Crippen LogP contribution < -0.4 is 21.3 Å². The van der Waals surface area contributed by atoms with Crippen LogP contribution in [-0.2, 0) is 46.3 Å². The second kappa shape index (κ2) is 18.6. The predicted octanol–water partition coefficient (Wildman–Crippen LogP) is 3.12. The number of nitrogens with zero attached hydrogens (tertiary/aromatic N) is 1. The van der Waals surface area contributed by atoms with Gasteiger partial charge in [-0.05, 0) is 56.1 Å². The van der Waals surface area contributed by atoms with Crippen LogP contribution >= 0.6 is 0 Å². The standard InChI is InChI=1S/C41H55F2N5O7/c1-28(2)24-32(35(50)39(3)27-55-39)45-36(51)33(25-30-12-8-5-9-13-30)46-38(53)40(16-18-41(42,43)19-17-40)47-37(52)31(15-14-29-10-6-4-7-11-29)44-34(49)26-48-20-22-54-23-21-48/h4-13,28,31-33H,14-27H2,1-3H3,(H,44,49)(H,45,51)(H,46,53)(H,47,52)/t31-,32-,33-,39+/m0/s1. The van der Waals surface area contributed by atoms with Crippen LogP contribution in [0, 0.1) is 5.92 Å². The first-order chi connectivity index (χ1) is 26.2. The highest BCUT2D eigenvalue weighted by atomic mass is 19.3. The molecule has 0 aromatic heterocycles. The zero-order valence-electron chi connectivity index (χ0n) is 32.0. The fourth-order valence-corrected chi connectivity index (χ4v) is 7.15. The smallest absolute Gasteiger partial charge is 0.248 e. The molecule has 55 heavy (non-hydrogen) atoms. The van der Waals surface area contributed by atoms with Crippen molar-refractivity contribution in [3.63, 3.8) is 0 Å². The van der Waals surface area contributed by atoms with Crippen LogP contribution in [-0.4, -0.2) is 109 Å². The van der Waals surface area contributed by atoms with Crippen molar-refractivity contribution in [2.24, 2.45) is 5.92 Å². The third-order valence-electron chi connectivity index (χ3n) is 10.7. The van der Waals surface area contributed by atoms with Crippen LogP contribution in [0.2, 0.25) is 0 Å². The molecule has 4 N–H and O–H groups in total. The molecule has 1 aliphatic carbocycles. The maximum absolute atomic E-state index is 14.7. The first-order valence-electron chi connectivity index (χ1n) is 19.3. The van der Waals surface area contributed by atoms with E-state index in [0.717, 1.165) is 5.56 Å². The van der Waals surface area contributed by atoms with Crippen LogP contribution in [0.5, 0.6) is 0 Å². The Morgan fingerprint density at radius 2 is 1.38 bits per heavy atom. The summed E-state index contributed by atoms with van der Waals surface area (Å²) in [6.07, 6.45) is -1.14. The minimum Gasteiger partial charge on any atom is -0.379 e. The van der Waals surface area contributed by atoms with Gasteiger partial charge in [0.05, 0.1) is 32.4 Å². The van der Waals surface area contributed by atoms with Gasteiger partial charge in [-0.2, -0.15) is 0 Å². The zero-order chi connectivity index (χ0) is 39.6. The van der Waals surface area contributed by atoms with Gasteiger partial charge in [0, 0.05) is 32.4 Å². The molecule has 2 aromatic carbocycles. The molecule has 300 valence electrons. The Morgan fingerprint density at radius 1 is 0.782 bits per heavy atom. The van der Waals surface area contributed by atoms with Crippen molar-refractivity contribution >= 4 is 29.4 Å². The molecule has 2 aliphatic heterocycles. The van der Waals surface area contributed by atoms with Gasteiger partial charge >= 0.3 is 0 Å². The molecule has 2 heterocycles. The molecule has 3 fully saturated rings. The molecule has 14 heteroatoms. The number of aryl methyl sites for hydroxylation is 1. The molecular formula is C41H55F2N5O7. The number of epoxide rings is 1. The topological polar surface area (TPSA) is 158 Å². The van der Waals surface area contributed by atoms with E-state index in [4.69, 9.17) is 9.47 Å². The van der Waals surface area contributed by atoms with Gasteiger partial charge in [0.1, 0.15) is 23.2 Å². The lowest BCUT2D eigenvalue weighted by atomic mass is 9.78. The summed E-state index contributed by atoms with van der Waals surface area (Å²) in [5, 5.41) is 11.3. The third kappa shape index (κ3) is 12.1. The van der Waals surface area contributed by atoms with Gasteiger partial charge in [-0.15, -0.1) is 0 Å². The Morgan fingerprint density at radius 3 is 1.96 bits per heavy atom. The van der Waals surface area contributed by atoms with E-state index < -0.39 is 78.6 Å². The van der Waals surface area contributed by atoms with Crippen molar-refractivity contribution in [1.82, 2.24) is 26.2 Å². The van der Waals surface area contributed by atoms with Gasteiger partial charge in [0.15, 0.2) is 5.78 Å². The minimum atomic E-state index is -3.06. The number of ether oxygens (including phenoxy) is 2. The molecule has 0 spiro atoms. The second-order valence-corrected chi connectivity index (χ2v) is 15.8. The highest BCUT2D eigenvalue weighted by Gasteiger charge is 2.52. The third-order valence-corrected chi connectivity index (χ3v) is 10.7. The molecule has 3 aliphatic rings. The van der Waals surface area contributed by atoms with Gasteiger partial charge in [0.25, 0.3) is 0 Å². The summed E-state index contributed by atoms with van der Waals surface area (Å²) < 4.78 is 40.2. The molecule has 2 aromatic rings. The minimum absolute atomic E-state index is 0.0340. The lowest BCUT2D eigenvalue weighted by molar-refractivity contribution is -0.143.